The quantitative estimate of drug-likeness (QED) is 0.784. The van der Waals surface area contributed by atoms with Crippen LogP contribution in [-0.2, 0) is 6.42 Å². The Balaban J connectivity index is 2.30. The first-order valence-corrected chi connectivity index (χ1v) is 5.42. The Labute approximate surface area is 93.1 Å². The largest absolute Gasteiger partial charge is 0.392 e. The molecule has 1 heterocycles. The highest BCUT2D eigenvalue weighted by molar-refractivity contribution is 6.18. The Hall–Kier alpha value is -1.06. The zero-order valence-electron chi connectivity index (χ0n) is 8.50. The number of hydrogen-bond acceptors (Lipinski definition) is 2. The Morgan fingerprint density at radius 2 is 2.33 bits per heavy atom. The minimum atomic E-state index is -0.479. The molecule has 15 heavy (non-hydrogen) atoms. The van der Waals surface area contributed by atoms with Gasteiger partial charge in [0, 0.05) is 5.88 Å². The fourth-order valence-electron chi connectivity index (χ4n) is 1.64. The number of aromatic amines is 1. The number of aliphatic hydroxyl groups excluding tert-OH is 1. The molecule has 0 fully saturated rings. The van der Waals surface area contributed by atoms with Crippen LogP contribution in [-0.4, -0.2) is 27.1 Å². The van der Waals surface area contributed by atoms with E-state index in [9.17, 15) is 5.11 Å². The number of hydrogen-bond donors (Lipinski definition) is 2. The van der Waals surface area contributed by atoms with Crippen molar-refractivity contribution >= 4 is 22.6 Å². The molecule has 0 radical (unpaired) electrons. The molecule has 0 amide bonds. The first-order chi connectivity index (χ1) is 7.19. The number of H-pyrrole nitrogens is 1. The van der Waals surface area contributed by atoms with Gasteiger partial charge in [-0.15, -0.1) is 11.6 Å². The minimum absolute atomic E-state index is 0.264. The third-order valence-corrected chi connectivity index (χ3v) is 2.67. The molecule has 2 N–H and O–H groups in total. The monoisotopic (exact) mass is 224 g/mol. The number of nitrogens with zero attached hydrogens (tertiary/aromatic N) is 1. The van der Waals surface area contributed by atoms with Crippen molar-refractivity contribution < 1.29 is 5.11 Å². The molecule has 4 heteroatoms. The van der Waals surface area contributed by atoms with Gasteiger partial charge in [-0.3, -0.25) is 0 Å². The van der Waals surface area contributed by atoms with E-state index in [0.717, 1.165) is 22.4 Å². The fraction of sp³-hybridized carbons (Fsp3) is 0.364. The van der Waals surface area contributed by atoms with Crippen molar-refractivity contribution in [1.82, 2.24) is 9.97 Å². The maximum atomic E-state index is 9.43. The average molecular weight is 225 g/mol. The molecule has 0 saturated carbocycles. The molecule has 0 spiro atoms. The lowest BCUT2D eigenvalue weighted by atomic mass is 10.1. The molecule has 0 aliphatic heterocycles. The summed E-state index contributed by atoms with van der Waals surface area (Å²) in [5.41, 5.74) is 3.03. The van der Waals surface area contributed by atoms with Gasteiger partial charge >= 0.3 is 0 Å². The topological polar surface area (TPSA) is 48.9 Å². The summed E-state index contributed by atoms with van der Waals surface area (Å²) in [5, 5.41) is 9.43. The van der Waals surface area contributed by atoms with Crippen LogP contribution in [0.25, 0.3) is 11.0 Å². The van der Waals surface area contributed by atoms with E-state index in [2.05, 4.69) is 9.97 Å². The van der Waals surface area contributed by atoms with Crippen molar-refractivity contribution in [2.45, 2.75) is 19.4 Å². The van der Waals surface area contributed by atoms with Gasteiger partial charge in [0.2, 0.25) is 0 Å². The first-order valence-electron chi connectivity index (χ1n) is 4.88. The standard InChI is InChI=1S/C11H13ClN2O/c1-7-13-10-3-2-8(4-9(15)6-12)5-11(10)14-7/h2-3,5,9,15H,4,6H2,1H3,(H,13,14). The highest BCUT2D eigenvalue weighted by Crippen LogP contribution is 2.14. The molecule has 0 aliphatic rings. The van der Waals surface area contributed by atoms with Crippen LogP contribution in [0.15, 0.2) is 18.2 Å². The number of alkyl halides is 1. The second-order valence-electron chi connectivity index (χ2n) is 3.69. The van der Waals surface area contributed by atoms with Gasteiger partial charge in [-0.25, -0.2) is 4.98 Å². The summed E-state index contributed by atoms with van der Waals surface area (Å²) in [6, 6.07) is 5.93. The molecule has 0 aliphatic carbocycles. The third kappa shape index (κ3) is 2.30. The van der Waals surface area contributed by atoms with Crippen LogP contribution in [0.2, 0.25) is 0 Å². The molecular weight excluding hydrogens is 212 g/mol. The summed E-state index contributed by atoms with van der Waals surface area (Å²) < 4.78 is 0. The Morgan fingerprint density at radius 3 is 3.07 bits per heavy atom. The smallest absolute Gasteiger partial charge is 0.104 e. The molecule has 2 aromatic rings. The predicted molar refractivity (Wildman–Crippen MR) is 61.3 cm³/mol. The van der Waals surface area contributed by atoms with E-state index < -0.39 is 6.10 Å². The number of halogens is 1. The zero-order valence-corrected chi connectivity index (χ0v) is 9.25. The van der Waals surface area contributed by atoms with Crippen LogP contribution < -0.4 is 0 Å². The first kappa shape index (κ1) is 10.5. The lowest BCUT2D eigenvalue weighted by Gasteiger charge is -2.05. The highest BCUT2D eigenvalue weighted by Gasteiger charge is 2.05. The summed E-state index contributed by atoms with van der Waals surface area (Å²) >= 11 is 5.55. The summed E-state index contributed by atoms with van der Waals surface area (Å²) in [6.45, 7) is 1.92. The molecule has 3 nitrogen and oxygen atoms in total. The number of aliphatic hydroxyl groups is 1. The second kappa shape index (κ2) is 4.21. The summed E-state index contributed by atoms with van der Waals surface area (Å²) in [7, 11) is 0. The van der Waals surface area contributed by atoms with Crippen molar-refractivity contribution in [2.75, 3.05) is 5.88 Å². The number of imidazole rings is 1. The van der Waals surface area contributed by atoms with Crippen LogP contribution >= 0.6 is 11.6 Å². The van der Waals surface area contributed by atoms with Gasteiger partial charge in [0.1, 0.15) is 5.82 Å². The van der Waals surface area contributed by atoms with Crippen molar-refractivity contribution in [2.24, 2.45) is 0 Å². The number of benzene rings is 1. The molecule has 1 aromatic carbocycles. The van der Waals surface area contributed by atoms with Crippen LogP contribution in [0.1, 0.15) is 11.4 Å². The van der Waals surface area contributed by atoms with Crippen molar-refractivity contribution in [1.29, 1.82) is 0 Å². The molecule has 80 valence electrons. The highest BCUT2D eigenvalue weighted by atomic mass is 35.5. The van der Waals surface area contributed by atoms with Crippen LogP contribution in [0.4, 0.5) is 0 Å². The average Bonchev–Trinajstić information content (AvgIpc) is 2.57. The third-order valence-electron chi connectivity index (χ3n) is 2.31. The Bertz CT molecular complexity index is 467. The second-order valence-corrected chi connectivity index (χ2v) is 3.99. The minimum Gasteiger partial charge on any atom is -0.392 e. The van der Waals surface area contributed by atoms with Gasteiger partial charge in [-0.1, -0.05) is 6.07 Å². The maximum absolute atomic E-state index is 9.43. The van der Waals surface area contributed by atoms with E-state index in [1.807, 2.05) is 25.1 Å². The van der Waals surface area contributed by atoms with E-state index in [1.54, 1.807) is 0 Å². The Kier molecular flexibility index (Phi) is 2.93. The molecular formula is C11H13ClN2O. The van der Waals surface area contributed by atoms with Crippen LogP contribution in [0, 0.1) is 6.92 Å². The zero-order chi connectivity index (χ0) is 10.8. The predicted octanol–water partition coefficient (Wildman–Crippen LogP) is 2.01. The van der Waals surface area contributed by atoms with Crippen LogP contribution in [0.5, 0.6) is 0 Å². The van der Waals surface area contributed by atoms with Crippen molar-refractivity contribution in [3.8, 4) is 0 Å². The Morgan fingerprint density at radius 1 is 1.53 bits per heavy atom. The van der Waals surface area contributed by atoms with Gasteiger partial charge in [-0.05, 0) is 31.0 Å². The van der Waals surface area contributed by atoms with E-state index in [0.29, 0.717) is 6.42 Å². The lowest BCUT2D eigenvalue weighted by Crippen LogP contribution is -2.11. The number of nitrogens with one attached hydrogen (secondary N) is 1. The van der Waals surface area contributed by atoms with Gasteiger partial charge in [0.25, 0.3) is 0 Å². The van der Waals surface area contributed by atoms with Gasteiger partial charge in [-0.2, -0.15) is 0 Å². The lowest BCUT2D eigenvalue weighted by molar-refractivity contribution is 0.199. The summed E-state index contributed by atoms with van der Waals surface area (Å²) in [6.07, 6.45) is 0.102. The summed E-state index contributed by atoms with van der Waals surface area (Å²) in [5.74, 6) is 1.17. The normalized spacial score (nSPS) is 13.3. The number of aryl methyl sites for hydroxylation is 1. The fourth-order valence-corrected chi connectivity index (χ4v) is 1.75. The number of rotatable bonds is 3. The summed E-state index contributed by atoms with van der Waals surface area (Å²) in [4.78, 5) is 7.47. The van der Waals surface area contributed by atoms with Crippen LogP contribution in [0.3, 0.4) is 0 Å². The molecule has 1 aromatic heterocycles. The maximum Gasteiger partial charge on any atom is 0.104 e. The van der Waals surface area contributed by atoms with Gasteiger partial charge in [0.05, 0.1) is 17.1 Å². The number of aromatic nitrogens is 2. The van der Waals surface area contributed by atoms with Gasteiger partial charge < -0.3 is 10.1 Å². The van der Waals surface area contributed by atoms with E-state index in [1.165, 1.54) is 0 Å². The van der Waals surface area contributed by atoms with Gasteiger partial charge in [0.15, 0.2) is 0 Å². The molecule has 0 bridgehead atoms. The van der Waals surface area contributed by atoms with Crippen molar-refractivity contribution in [3.05, 3.63) is 29.6 Å². The van der Waals surface area contributed by atoms with E-state index in [-0.39, 0.29) is 5.88 Å². The van der Waals surface area contributed by atoms with E-state index in [4.69, 9.17) is 11.6 Å². The van der Waals surface area contributed by atoms with E-state index >= 15 is 0 Å². The molecule has 1 atom stereocenters. The number of fused-ring (bicyclic) bond motifs is 1. The SMILES string of the molecule is Cc1nc2ccc(CC(O)CCl)cc2[nH]1. The molecule has 2 rings (SSSR count). The molecule has 0 saturated heterocycles. The van der Waals surface area contributed by atoms with Crippen molar-refractivity contribution in [3.63, 3.8) is 0 Å². The molecule has 1 unspecified atom stereocenters.